The molecule has 0 saturated heterocycles. The van der Waals surface area contributed by atoms with Crippen molar-refractivity contribution in [3.63, 3.8) is 0 Å². The first-order chi connectivity index (χ1) is 7.79. The van der Waals surface area contributed by atoms with E-state index in [9.17, 15) is 0 Å². The third-order valence-electron chi connectivity index (χ3n) is 2.53. The van der Waals surface area contributed by atoms with Crippen LogP contribution in [0.2, 0.25) is 0 Å². The molecule has 0 spiro atoms. The summed E-state index contributed by atoms with van der Waals surface area (Å²) < 4.78 is 2.04. The van der Waals surface area contributed by atoms with Gasteiger partial charge in [-0.3, -0.25) is 0 Å². The van der Waals surface area contributed by atoms with Crippen LogP contribution >= 0.6 is 11.8 Å². The maximum atomic E-state index is 4.15. The molecule has 0 radical (unpaired) electrons. The maximum absolute atomic E-state index is 4.15. The van der Waals surface area contributed by atoms with E-state index < -0.39 is 0 Å². The van der Waals surface area contributed by atoms with Crippen LogP contribution in [0.1, 0.15) is 33.5 Å². The first kappa shape index (κ1) is 14.5. The van der Waals surface area contributed by atoms with E-state index in [0.29, 0.717) is 5.92 Å². The SMILES string of the molecule is Cc1nnc(SCC(C)CNC(C)(C)C)n1C. The minimum Gasteiger partial charge on any atom is -0.312 e. The van der Waals surface area contributed by atoms with E-state index >= 15 is 0 Å². The van der Waals surface area contributed by atoms with Gasteiger partial charge in [-0.15, -0.1) is 10.2 Å². The highest BCUT2D eigenvalue weighted by atomic mass is 32.2. The van der Waals surface area contributed by atoms with Crippen molar-refractivity contribution in [3.8, 4) is 0 Å². The lowest BCUT2D eigenvalue weighted by Gasteiger charge is -2.23. The summed E-state index contributed by atoms with van der Waals surface area (Å²) in [6.45, 7) is 11.8. The number of thioether (sulfide) groups is 1. The van der Waals surface area contributed by atoms with Crippen LogP contribution in [0.3, 0.4) is 0 Å². The Morgan fingerprint density at radius 3 is 2.47 bits per heavy atom. The average molecular weight is 256 g/mol. The van der Waals surface area contributed by atoms with Crippen LogP contribution in [0, 0.1) is 12.8 Å². The van der Waals surface area contributed by atoms with Crippen LogP contribution in [0.15, 0.2) is 5.16 Å². The zero-order valence-electron chi connectivity index (χ0n) is 11.7. The van der Waals surface area contributed by atoms with Crippen molar-refractivity contribution < 1.29 is 0 Å². The number of nitrogens with one attached hydrogen (secondary N) is 1. The lowest BCUT2D eigenvalue weighted by Crippen LogP contribution is -2.39. The molecule has 1 N–H and O–H groups in total. The third kappa shape index (κ3) is 5.08. The molecule has 1 rings (SSSR count). The summed E-state index contributed by atoms with van der Waals surface area (Å²) >= 11 is 1.78. The van der Waals surface area contributed by atoms with Crippen molar-refractivity contribution >= 4 is 11.8 Å². The number of nitrogens with zero attached hydrogens (tertiary/aromatic N) is 3. The topological polar surface area (TPSA) is 42.7 Å². The van der Waals surface area contributed by atoms with Gasteiger partial charge in [-0.05, 0) is 40.2 Å². The molecule has 98 valence electrons. The standard InChI is InChI=1S/C12H24N4S/c1-9(7-13-12(3,4)5)8-17-11-15-14-10(2)16(11)6/h9,13H,7-8H2,1-6H3. The van der Waals surface area contributed by atoms with Gasteiger partial charge in [-0.2, -0.15) is 0 Å². The maximum Gasteiger partial charge on any atom is 0.190 e. The molecular weight excluding hydrogens is 232 g/mol. The van der Waals surface area contributed by atoms with Crippen molar-refractivity contribution in [1.29, 1.82) is 0 Å². The fourth-order valence-electron chi connectivity index (χ4n) is 1.27. The normalized spacial score (nSPS) is 14.0. The predicted octanol–water partition coefficient (Wildman–Crippen LogP) is 2.24. The Hall–Kier alpha value is -0.550. The molecule has 0 aliphatic heterocycles. The smallest absolute Gasteiger partial charge is 0.190 e. The number of hydrogen-bond donors (Lipinski definition) is 1. The highest BCUT2D eigenvalue weighted by molar-refractivity contribution is 7.99. The van der Waals surface area contributed by atoms with Gasteiger partial charge in [0.1, 0.15) is 5.82 Å². The van der Waals surface area contributed by atoms with Crippen molar-refractivity contribution in [2.75, 3.05) is 12.3 Å². The molecule has 0 aliphatic carbocycles. The van der Waals surface area contributed by atoms with Gasteiger partial charge in [-0.1, -0.05) is 18.7 Å². The van der Waals surface area contributed by atoms with Crippen molar-refractivity contribution in [2.24, 2.45) is 13.0 Å². The zero-order valence-corrected chi connectivity index (χ0v) is 12.6. The van der Waals surface area contributed by atoms with Crippen molar-refractivity contribution in [2.45, 2.75) is 45.3 Å². The number of aromatic nitrogens is 3. The Labute approximate surface area is 109 Å². The molecule has 4 nitrogen and oxygen atoms in total. The molecule has 1 atom stereocenters. The average Bonchev–Trinajstić information content (AvgIpc) is 2.53. The molecular formula is C12H24N4S. The molecule has 1 aromatic heterocycles. The highest BCUT2D eigenvalue weighted by Crippen LogP contribution is 2.18. The van der Waals surface area contributed by atoms with Crippen LogP contribution in [-0.2, 0) is 7.05 Å². The van der Waals surface area contributed by atoms with Crippen LogP contribution in [-0.4, -0.2) is 32.6 Å². The summed E-state index contributed by atoms with van der Waals surface area (Å²) in [4.78, 5) is 0. The van der Waals surface area contributed by atoms with Crippen LogP contribution < -0.4 is 5.32 Å². The van der Waals surface area contributed by atoms with E-state index in [-0.39, 0.29) is 5.54 Å². The minimum atomic E-state index is 0.195. The quantitative estimate of drug-likeness (QED) is 0.821. The van der Waals surface area contributed by atoms with Crippen LogP contribution in [0.5, 0.6) is 0 Å². The van der Waals surface area contributed by atoms with E-state index in [0.717, 1.165) is 23.3 Å². The van der Waals surface area contributed by atoms with E-state index in [1.807, 2.05) is 18.5 Å². The molecule has 1 aromatic rings. The molecule has 0 aliphatic rings. The fraction of sp³-hybridized carbons (Fsp3) is 0.833. The summed E-state index contributed by atoms with van der Waals surface area (Å²) in [5, 5.41) is 12.7. The predicted molar refractivity (Wildman–Crippen MR) is 73.4 cm³/mol. The Kier molecular flexibility index (Phi) is 5.01. The van der Waals surface area contributed by atoms with Crippen molar-refractivity contribution in [1.82, 2.24) is 20.1 Å². The van der Waals surface area contributed by atoms with Crippen LogP contribution in [0.25, 0.3) is 0 Å². The number of aryl methyl sites for hydroxylation is 1. The second-order valence-electron chi connectivity index (χ2n) is 5.64. The number of rotatable bonds is 5. The van der Waals surface area contributed by atoms with Gasteiger partial charge in [0.15, 0.2) is 5.16 Å². The number of hydrogen-bond acceptors (Lipinski definition) is 4. The fourth-order valence-corrected chi connectivity index (χ4v) is 2.25. The van der Waals surface area contributed by atoms with Crippen LogP contribution in [0.4, 0.5) is 0 Å². The summed E-state index contributed by atoms with van der Waals surface area (Å²) in [6, 6.07) is 0. The van der Waals surface area contributed by atoms with Gasteiger partial charge in [-0.25, -0.2) is 0 Å². The Balaban J connectivity index is 2.33. The molecule has 17 heavy (non-hydrogen) atoms. The summed E-state index contributed by atoms with van der Waals surface area (Å²) in [5.74, 6) is 2.65. The Morgan fingerprint density at radius 1 is 1.35 bits per heavy atom. The largest absolute Gasteiger partial charge is 0.312 e. The molecule has 0 aromatic carbocycles. The van der Waals surface area contributed by atoms with Gasteiger partial charge < -0.3 is 9.88 Å². The second kappa shape index (κ2) is 5.87. The molecule has 0 bridgehead atoms. The molecule has 0 saturated carbocycles. The van der Waals surface area contributed by atoms with E-state index in [2.05, 4.69) is 43.2 Å². The lowest BCUT2D eigenvalue weighted by atomic mass is 10.1. The lowest BCUT2D eigenvalue weighted by molar-refractivity contribution is 0.395. The Bertz CT molecular complexity index is 354. The van der Waals surface area contributed by atoms with Crippen molar-refractivity contribution in [3.05, 3.63) is 5.82 Å². The van der Waals surface area contributed by atoms with E-state index in [4.69, 9.17) is 0 Å². The third-order valence-corrected chi connectivity index (χ3v) is 3.88. The monoisotopic (exact) mass is 256 g/mol. The zero-order chi connectivity index (χ0) is 13.1. The molecule has 5 heteroatoms. The van der Waals surface area contributed by atoms with Gasteiger partial charge in [0.25, 0.3) is 0 Å². The second-order valence-corrected chi connectivity index (χ2v) is 6.62. The highest BCUT2D eigenvalue weighted by Gasteiger charge is 2.12. The van der Waals surface area contributed by atoms with E-state index in [1.165, 1.54) is 0 Å². The first-order valence-electron chi connectivity index (χ1n) is 6.03. The molecule has 1 unspecified atom stereocenters. The van der Waals surface area contributed by atoms with Gasteiger partial charge in [0.2, 0.25) is 0 Å². The van der Waals surface area contributed by atoms with Gasteiger partial charge >= 0.3 is 0 Å². The summed E-state index contributed by atoms with van der Waals surface area (Å²) in [5.41, 5.74) is 0.195. The minimum absolute atomic E-state index is 0.195. The van der Waals surface area contributed by atoms with E-state index in [1.54, 1.807) is 11.8 Å². The van der Waals surface area contributed by atoms with Gasteiger partial charge in [0, 0.05) is 18.3 Å². The molecule has 0 amide bonds. The molecule has 1 heterocycles. The summed E-state index contributed by atoms with van der Waals surface area (Å²) in [7, 11) is 2.01. The molecule has 0 fully saturated rings. The summed E-state index contributed by atoms with van der Waals surface area (Å²) in [6.07, 6.45) is 0. The van der Waals surface area contributed by atoms with Gasteiger partial charge in [0.05, 0.1) is 0 Å². The first-order valence-corrected chi connectivity index (χ1v) is 7.02. The Morgan fingerprint density at radius 2 is 2.00 bits per heavy atom.